The van der Waals surface area contributed by atoms with Gasteiger partial charge in [-0.3, -0.25) is 19.6 Å². The van der Waals surface area contributed by atoms with Crippen molar-refractivity contribution < 1.29 is 30.6 Å². The first-order valence-corrected chi connectivity index (χ1v) is 21.6. The van der Waals surface area contributed by atoms with Crippen molar-refractivity contribution in [2.45, 2.75) is 191 Å². The molecule has 0 aromatic heterocycles. The van der Waals surface area contributed by atoms with Gasteiger partial charge < -0.3 is 65.0 Å². The normalized spacial score (nSPS) is 17.4. The molecule has 0 aliphatic rings. The number of aliphatic hydroxyl groups is 6. The highest BCUT2D eigenvalue weighted by atomic mass is 16.3. The van der Waals surface area contributed by atoms with E-state index in [1.54, 1.807) is 0 Å². The van der Waals surface area contributed by atoms with Gasteiger partial charge in [0.25, 0.3) is 0 Å². The van der Waals surface area contributed by atoms with Gasteiger partial charge in [-0.25, -0.2) is 0 Å². The van der Waals surface area contributed by atoms with Crippen molar-refractivity contribution >= 4 is 0 Å². The van der Waals surface area contributed by atoms with E-state index in [1.165, 1.54) is 0 Å². The number of nitrogens with two attached hydrogens (primary N) is 6. The van der Waals surface area contributed by atoms with E-state index >= 15 is 0 Å². The Kier molecular flexibility index (Phi) is 24.6. The number of nitrogens with zero attached hydrogens (tertiary/aromatic N) is 4. The fraction of sp³-hybridized carbons (Fsp3) is 1.00. The maximum atomic E-state index is 11.1. The van der Waals surface area contributed by atoms with Crippen molar-refractivity contribution in [2.75, 3.05) is 78.5 Å². The van der Waals surface area contributed by atoms with Crippen molar-refractivity contribution in [2.24, 2.45) is 34.4 Å². The summed E-state index contributed by atoms with van der Waals surface area (Å²) in [6.07, 6.45) is -2.06. The fourth-order valence-corrected chi connectivity index (χ4v) is 7.77. The summed E-state index contributed by atoms with van der Waals surface area (Å²) < 4.78 is 0. The van der Waals surface area contributed by atoms with Crippen molar-refractivity contribution in [3.05, 3.63) is 0 Å². The molecule has 0 aromatic carbocycles. The van der Waals surface area contributed by atoms with Crippen LogP contribution in [0.2, 0.25) is 0 Å². The molecule has 0 heterocycles. The van der Waals surface area contributed by atoms with E-state index in [2.05, 4.69) is 19.6 Å². The van der Waals surface area contributed by atoms with Gasteiger partial charge in [0.15, 0.2) is 0 Å². The van der Waals surface area contributed by atoms with Crippen LogP contribution < -0.4 is 34.4 Å². The van der Waals surface area contributed by atoms with Gasteiger partial charge in [-0.1, -0.05) is 0 Å². The van der Waals surface area contributed by atoms with E-state index in [-0.39, 0.29) is 0 Å². The molecule has 18 N–H and O–H groups in total. The van der Waals surface area contributed by atoms with E-state index < -0.39 is 69.9 Å². The molecule has 16 heteroatoms. The second-order valence-corrected chi connectivity index (χ2v) is 22.2. The molecule has 0 aromatic rings. The molecule has 0 bridgehead atoms. The third kappa shape index (κ3) is 35.0. The summed E-state index contributed by atoms with van der Waals surface area (Å²) in [4.78, 5) is 8.42. The Labute approximate surface area is 354 Å². The van der Waals surface area contributed by atoms with E-state index in [0.717, 1.165) is 0 Å². The Hall–Kier alpha value is -0.640. The lowest BCUT2D eigenvalue weighted by molar-refractivity contribution is 0.0306. The van der Waals surface area contributed by atoms with Crippen molar-refractivity contribution in [1.29, 1.82) is 0 Å². The monoisotopic (exact) mass is 837 g/mol. The van der Waals surface area contributed by atoms with Crippen LogP contribution in [0.4, 0.5) is 0 Å². The molecule has 350 valence electrons. The molecule has 0 saturated carbocycles. The van der Waals surface area contributed by atoms with Crippen LogP contribution in [0.25, 0.3) is 0 Å². The van der Waals surface area contributed by atoms with Crippen LogP contribution in [-0.4, -0.2) is 199 Å². The van der Waals surface area contributed by atoms with Crippen LogP contribution >= 0.6 is 0 Å². The Morgan fingerprint density at radius 2 is 0.397 bits per heavy atom. The molecule has 58 heavy (non-hydrogen) atoms. The minimum absolute atomic E-state index is 0.305. The van der Waals surface area contributed by atoms with Gasteiger partial charge >= 0.3 is 0 Å². The summed E-state index contributed by atoms with van der Waals surface area (Å²) in [6.45, 7) is 27.5. The van der Waals surface area contributed by atoms with Crippen LogP contribution in [0.5, 0.6) is 0 Å². The molecule has 16 nitrogen and oxygen atoms in total. The van der Waals surface area contributed by atoms with Gasteiger partial charge in [-0.05, 0) is 122 Å². The minimum atomic E-state index is -0.722. The average molecular weight is 837 g/mol. The molecule has 0 fully saturated rings. The third-order valence-electron chi connectivity index (χ3n) is 9.58. The van der Waals surface area contributed by atoms with Gasteiger partial charge in [-0.2, -0.15) is 0 Å². The quantitative estimate of drug-likeness (QED) is 0.0382. The van der Waals surface area contributed by atoms with E-state index in [9.17, 15) is 30.6 Å². The molecule has 0 rings (SSSR count). The van der Waals surface area contributed by atoms with Crippen molar-refractivity contribution in [1.82, 2.24) is 19.6 Å². The van der Waals surface area contributed by atoms with E-state index in [0.29, 0.717) is 117 Å². The van der Waals surface area contributed by atoms with Gasteiger partial charge in [0.2, 0.25) is 0 Å². The standard InChI is InChI=1S/C42H96N10O6/c1-37(2,43)19-31(53)25-50(26-32(54)20-38(3,4)44)16-13-49(14-17-51(27-33(55)21-39(5,6)45)28-34(56)22-40(7,8)46)15-18-52(29-35(57)23-41(9,10)47)30-36(58)24-42(11,12)48/h31-36,53-58H,13-30,43-48H2,1-12H3. The van der Waals surface area contributed by atoms with Crippen molar-refractivity contribution in [3.8, 4) is 0 Å². The predicted molar refractivity (Wildman–Crippen MR) is 239 cm³/mol. The first-order chi connectivity index (χ1) is 25.9. The topological polar surface area (TPSA) is 290 Å². The van der Waals surface area contributed by atoms with Gasteiger partial charge in [-0.15, -0.1) is 0 Å². The first-order valence-electron chi connectivity index (χ1n) is 21.6. The molecule has 0 aliphatic carbocycles. The number of rotatable bonds is 33. The SMILES string of the molecule is CC(C)(N)CC(O)CN(CCN(CCN(CC(O)CC(C)(C)N)CC(O)CC(C)(C)N)CCN(CC(O)CC(C)(C)N)CC(O)CC(C)(C)N)CC(O)CC(C)(C)N. The average Bonchev–Trinajstić information content (AvgIpc) is 2.89. The molecule has 0 aliphatic heterocycles. The maximum absolute atomic E-state index is 11.1. The lowest BCUT2D eigenvalue weighted by Gasteiger charge is -2.36. The zero-order chi connectivity index (χ0) is 45.5. The van der Waals surface area contributed by atoms with Crippen LogP contribution in [0.3, 0.4) is 0 Å². The molecule has 6 atom stereocenters. The number of aliphatic hydroxyl groups excluding tert-OH is 6. The lowest BCUT2D eigenvalue weighted by atomic mass is 9.96. The highest BCUT2D eigenvalue weighted by Crippen LogP contribution is 2.16. The molecular formula is C42H96N10O6. The van der Waals surface area contributed by atoms with Gasteiger partial charge in [0.1, 0.15) is 0 Å². The largest absolute Gasteiger partial charge is 0.392 e. The van der Waals surface area contributed by atoms with Crippen LogP contribution in [0.1, 0.15) is 122 Å². The Bertz CT molecular complexity index is 876. The summed E-state index contributed by atoms with van der Waals surface area (Å²) in [5.74, 6) is 0. The lowest BCUT2D eigenvalue weighted by Crippen LogP contribution is -2.50. The van der Waals surface area contributed by atoms with Gasteiger partial charge in [0, 0.05) is 112 Å². The third-order valence-corrected chi connectivity index (χ3v) is 9.58. The van der Waals surface area contributed by atoms with Gasteiger partial charge in [0.05, 0.1) is 36.6 Å². The maximum Gasteiger partial charge on any atom is 0.0684 e. The number of hydrogen-bond acceptors (Lipinski definition) is 16. The molecule has 6 unspecified atom stereocenters. The van der Waals surface area contributed by atoms with Crippen molar-refractivity contribution in [3.63, 3.8) is 0 Å². The molecule has 0 saturated heterocycles. The zero-order valence-corrected chi connectivity index (χ0v) is 39.1. The summed E-state index contributed by atoms with van der Waals surface area (Å²) in [6, 6.07) is 0. The van der Waals surface area contributed by atoms with Crippen LogP contribution in [0.15, 0.2) is 0 Å². The fourth-order valence-electron chi connectivity index (χ4n) is 7.77. The second-order valence-electron chi connectivity index (χ2n) is 22.2. The first kappa shape index (κ1) is 57.4. The molecule has 0 spiro atoms. The Balaban J connectivity index is 6.64. The van der Waals surface area contributed by atoms with Crippen LogP contribution in [-0.2, 0) is 0 Å². The smallest absolute Gasteiger partial charge is 0.0684 e. The molecule has 0 radical (unpaired) electrons. The summed E-state index contributed by atoms with van der Waals surface area (Å²) in [5.41, 5.74) is 34.1. The molecule has 0 amide bonds. The highest BCUT2D eigenvalue weighted by molar-refractivity contribution is 4.86. The Morgan fingerprint density at radius 1 is 0.276 bits per heavy atom. The highest BCUT2D eigenvalue weighted by Gasteiger charge is 2.28. The van der Waals surface area contributed by atoms with Crippen LogP contribution in [0, 0.1) is 0 Å². The van der Waals surface area contributed by atoms with E-state index in [4.69, 9.17) is 34.4 Å². The summed E-state index contributed by atoms with van der Waals surface area (Å²) in [5, 5.41) is 66.5. The summed E-state index contributed by atoms with van der Waals surface area (Å²) in [7, 11) is 0. The predicted octanol–water partition coefficient (Wildman–Crippen LogP) is -0.876. The second kappa shape index (κ2) is 24.9. The van der Waals surface area contributed by atoms with E-state index in [1.807, 2.05) is 83.1 Å². The summed E-state index contributed by atoms with van der Waals surface area (Å²) >= 11 is 0. The Morgan fingerprint density at radius 3 is 0.517 bits per heavy atom. The minimum Gasteiger partial charge on any atom is -0.392 e. The molecular weight excluding hydrogens is 741 g/mol. The zero-order valence-electron chi connectivity index (χ0n) is 39.1. The number of hydrogen-bond donors (Lipinski definition) is 12.